The van der Waals surface area contributed by atoms with Gasteiger partial charge >= 0.3 is 173 Å². The van der Waals surface area contributed by atoms with Crippen LogP contribution in [0.1, 0.15) is 396 Å². The molecule has 0 spiro atoms. The van der Waals surface area contributed by atoms with Gasteiger partial charge in [-0.25, -0.2) is 8.78 Å². The number of nitrogens with zero attached hydrogens (tertiary/aromatic N) is 2. The van der Waals surface area contributed by atoms with Crippen molar-refractivity contribution in [2.75, 3.05) is 0 Å². The van der Waals surface area contributed by atoms with Crippen LogP contribution in [0.2, 0.25) is 29.6 Å². The van der Waals surface area contributed by atoms with Crippen LogP contribution in [-0.4, -0.2) is 45.9 Å². The number of rotatable bonds is 67. The van der Waals surface area contributed by atoms with E-state index in [9.17, 15) is 8.78 Å². The van der Waals surface area contributed by atoms with Crippen LogP contribution in [0.3, 0.4) is 0 Å². The molecule has 0 saturated heterocycles. The maximum absolute atomic E-state index is 16.6. The van der Waals surface area contributed by atoms with Crippen LogP contribution in [0.15, 0.2) is 107 Å². The van der Waals surface area contributed by atoms with E-state index in [-0.39, 0.29) is 28.3 Å². The second-order valence-electron chi connectivity index (χ2n) is 41.1. The van der Waals surface area contributed by atoms with Crippen molar-refractivity contribution in [1.82, 2.24) is 9.13 Å². The fraction of sp³-hybridized carbons (Fsp3) is 0.621. The number of halogens is 4. The first kappa shape index (κ1) is 112. The van der Waals surface area contributed by atoms with Gasteiger partial charge in [0.25, 0.3) is 11.1 Å². The Balaban J connectivity index is 0.000000640. The Hall–Kier alpha value is -3.88. The normalized spacial score (nSPS) is 12.5. The molecule has 0 bridgehead atoms. The Morgan fingerprint density at radius 2 is 0.545 bits per heavy atom. The van der Waals surface area contributed by atoms with E-state index in [1.807, 2.05) is 37.3 Å². The molecule has 0 aliphatic heterocycles. The molecule has 4 nitrogen and oxygen atoms in total. The fourth-order valence-corrected chi connectivity index (χ4v) is 36.2. The molecule has 0 amide bonds. The summed E-state index contributed by atoms with van der Waals surface area (Å²) in [7, 11) is 0. The van der Waals surface area contributed by atoms with Crippen molar-refractivity contribution < 1.29 is 17.6 Å². The predicted molar refractivity (Wildman–Crippen MR) is 588 cm³/mol. The third-order valence-corrected chi connectivity index (χ3v) is 53.4. The molecular formula is C116H172F4N2O2S6Sn2. The molecule has 16 heteroatoms. The molecule has 2 aromatic carbocycles. The minimum atomic E-state index is -2.19. The summed E-state index contributed by atoms with van der Waals surface area (Å²) in [6, 6.07) is 30.6. The number of fused-ring (bicyclic) bond motifs is 1. The van der Waals surface area contributed by atoms with Crippen molar-refractivity contribution >= 4 is 122 Å². The first-order chi connectivity index (χ1) is 63.9. The molecule has 0 saturated carbocycles. The molecular weight excluding hydrogens is 1960 g/mol. The van der Waals surface area contributed by atoms with Gasteiger partial charge in [0.15, 0.2) is 0 Å². The zero-order valence-electron chi connectivity index (χ0n) is 84.7. The van der Waals surface area contributed by atoms with Gasteiger partial charge in [0, 0.05) is 63.2 Å². The van der Waals surface area contributed by atoms with Crippen LogP contribution in [0.5, 0.6) is 0 Å². The van der Waals surface area contributed by atoms with Gasteiger partial charge in [-0.2, -0.15) is 0 Å². The molecule has 0 aliphatic carbocycles. The van der Waals surface area contributed by atoms with E-state index in [0.29, 0.717) is 52.1 Å². The summed E-state index contributed by atoms with van der Waals surface area (Å²) in [5.41, 5.74) is 7.20. The van der Waals surface area contributed by atoms with Crippen molar-refractivity contribution in [3.8, 4) is 72.4 Å². The SMILES string of the molecule is CCCCCCCCCCCCC(CCCCCCCCCC)Cc1cc(-c2cc3c(cc(-c4cc(CC(CCCCCCCCCC)CCCCCCCCCCCC)c(-c5ccc(-c6cc(F)c(-c7ccc(C)s7)cc6F)s5)s4)c(=O)n3CCCCCCCC)n(CCCCCCCC)c2=O)sc1C.[CH3][Sn]([CH3])([CH3])[c]1ccc(-c2cc(F)c(-c3cc[c]([Sn]([CH3])([CH3])[CH3])s3)cc2F)s1. The Morgan fingerprint density at radius 3 is 0.864 bits per heavy atom. The summed E-state index contributed by atoms with van der Waals surface area (Å²) in [5, 5.41) is 0. The van der Waals surface area contributed by atoms with E-state index in [2.05, 4.69) is 130 Å². The number of benzene rings is 2. The number of pyridine rings is 2. The molecule has 730 valence electrons. The molecule has 10 aromatic rings. The van der Waals surface area contributed by atoms with E-state index in [0.717, 1.165) is 107 Å². The molecule has 8 aromatic heterocycles. The summed E-state index contributed by atoms with van der Waals surface area (Å²) in [4.78, 5) is 55.7. The summed E-state index contributed by atoms with van der Waals surface area (Å²) in [6.07, 6.45) is 68.0. The van der Waals surface area contributed by atoms with Crippen LogP contribution < -0.4 is 16.9 Å². The molecule has 2 unspecified atom stereocenters. The zero-order valence-corrected chi connectivity index (χ0v) is 95.3. The molecule has 0 aliphatic rings. The Morgan fingerprint density at radius 1 is 0.273 bits per heavy atom. The van der Waals surface area contributed by atoms with Gasteiger partial charge in [-0.05, 0) is 123 Å². The summed E-state index contributed by atoms with van der Waals surface area (Å²) >= 11 is 5.38. The second-order valence-corrected chi connectivity index (χ2v) is 78.8. The molecule has 132 heavy (non-hydrogen) atoms. The van der Waals surface area contributed by atoms with Gasteiger partial charge in [0.05, 0.1) is 22.2 Å². The molecule has 0 radical (unpaired) electrons. The van der Waals surface area contributed by atoms with E-state index in [4.69, 9.17) is 0 Å². The summed E-state index contributed by atoms with van der Waals surface area (Å²) in [5.74, 6) is -0.417. The number of aromatic nitrogens is 2. The quantitative estimate of drug-likeness (QED) is 0.0217. The average Bonchev–Trinajstić information content (AvgIpc) is 1.24. The fourth-order valence-electron chi connectivity index (χ4n) is 19.3. The van der Waals surface area contributed by atoms with Crippen molar-refractivity contribution in [2.45, 2.75) is 445 Å². The van der Waals surface area contributed by atoms with Crippen LogP contribution in [0.25, 0.3) is 83.4 Å². The van der Waals surface area contributed by atoms with E-state index < -0.39 is 48.4 Å². The van der Waals surface area contributed by atoms with E-state index in [1.54, 1.807) is 45.3 Å². The molecule has 0 fully saturated rings. The monoisotopic (exact) mass is 2130 g/mol. The summed E-state index contributed by atoms with van der Waals surface area (Å²) in [6.45, 7) is 19.2. The van der Waals surface area contributed by atoms with Crippen LogP contribution in [0, 0.1) is 49.0 Å². The summed E-state index contributed by atoms with van der Waals surface area (Å²) < 4.78 is 69.4. The van der Waals surface area contributed by atoms with Crippen molar-refractivity contribution in [3.05, 3.63) is 162 Å². The molecule has 10 rings (SSSR count). The molecule has 2 atom stereocenters. The van der Waals surface area contributed by atoms with Crippen LogP contribution in [-0.2, 0) is 25.9 Å². The van der Waals surface area contributed by atoms with Gasteiger partial charge in [-0.3, -0.25) is 9.59 Å². The Kier molecular flexibility index (Phi) is 51.6. The van der Waals surface area contributed by atoms with Crippen LogP contribution >= 0.6 is 68.0 Å². The number of thiophene rings is 6. The van der Waals surface area contributed by atoms with Crippen molar-refractivity contribution in [2.24, 2.45) is 11.8 Å². The van der Waals surface area contributed by atoms with Gasteiger partial charge in [0.1, 0.15) is 11.6 Å². The Bertz CT molecular complexity index is 4990. The standard InChI is InChI=1S/C96H148F2N2O2S4.C14H6F2S2.6CH3.2Sn/c1-9-15-21-27-33-37-39-43-47-52-58-77(57-51-45-41-35-29-23-17-11-3)67-79-69-92(104-76(79)8)83-73-87-88(99(95(83)101)65-55-49-31-25-19-13-5)74-84(96(102)100(87)66-56-50-32-26-20-14-6)93-70-80(68-78(59-53-46-42-36-30-24-18-12-4)60-54-48-44-40-38-34-28-22-16-10-2)94(106-93)91-64-63-90(105-91)82-72-85(97)81(71-86(82)98)89-62-61-75(7)103-89;15-11-8-10(14-4-2-6-18-14)12(16)7-9(11)13-3-1-5-17-13;;;;;;;;/h61-64,69-74,77-78H,9-60,65-68H2,1-8H3;1-4,7-8H;6*1H3;;. The third-order valence-electron chi connectivity index (χ3n) is 27.5. The van der Waals surface area contributed by atoms with Gasteiger partial charge in [-0.15, -0.1) is 45.3 Å². The third kappa shape index (κ3) is 36.6. The molecule has 8 heterocycles. The number of hydrogen-bond acceptors (Lipinski definition) is 8. The maximum atomic E-state index is 16.6. The number of unbranched alkanes of at least 4 members (excludes halogenated alkanes) is 42. The van der Waals surface area contributed by atoms with Gasteiger partial charge < -0.3 is 9.13 Å². The number of aryl methyl sites for hydroxylation is 4. The van der Waals surface area contributed by atoms with Gasteiger partial charge in [0.2, 0.25) is 0 Å². The van der Waals surface area contributed by atoms with Crippen LogP contribution in [0.4, 0.5) is 17.6 Å². The van der Waals surface area contributed by atoms with E-state index in [1.165, 1.54) is 364 Å². The average molecular weight is 2130 g/mol. The topological polar surface area (TPSA) is 44.0 Å². The Labute approximate surface area is 831 Å². The van der Waals surface area contributed by atoms with Gasteiger partial charge in [-0.1, -0.05) is 363 Å². The predicted octanol–water partition coefficient (Wildman–Crippen LogP) is 39.9. The number of hydrogen-bond donors (Lipinski definition) is 0. The van der Waals surface area contributed by atoms with E-state index >= 15 is 18.4 Å². The minimum absolute atomic E-state index is 0.0150. The van der Waals surface area contributed by atoms with Crippen molar-refractivity contribution in [3.63, 3.8) is 0 Å². The van der Waals surface area contributed by atoms with Crippen molar-refractivity contribution in [1.29, 1.82) is 0 Å². The first-order valence-electron chi connectivity index (χ1n) is 53.3. The first-order valence-corrected chi connectivity index (χ1v) is 78.2. The second kappa shape index (κ2) is 61.0. The molecule has 0 N–H and O–H groups in total. The zero-order chi connectivity index (χ0) is 94.6.